The van der Waals surface area contributed by atoms with Crippen LogP contribution in [0.4, 0.5) is 0 Å². The fourth-order valence-corrected chi connectivity index (χ4v) is 3.66. The van der Waals surface area contributed by atoms with Gasteiger partial charge in [-0.2, -0.15) is 0 Å². The molecule has 7 heteroatoms. The highest BCUT2D eigenvalue weighted by Gasteiger charge is 2.38. The number of nitrogens with zero attached hydrogens (tertiary/aromatic N) is 2. The SMILES string of the molecule is C#CCN(Cc1ccco1)C(=O)c1ccc2c(c1)C(=O)N(CC1CCCO1)C2=O. The predicted molar refractivity (Wildman–Crippen MR) is 103 cm³/mol. The Hall–Kier alpha value is -3.37. The largest absolute Gasteiger partial charge is 0.467 e. The molecular weight excluding hydrogens is 372 g/mol. The van der Waals surface area contributed by atoms with E-state index in [0.29, 0.717) is 23.5 Å². The number of hydrogen-bond donors (Lipinski definition) is 0. The van der Waals surface area contributed by atoms with Gasteiger partial charge in [0.25, 0.3) is 17.7 Å². The molecule has 7 nitrogen and oxygen atoms in total. The van der Waals surface area contributed by atoms with E-state index >= 15 is 0 Å². The lowest BCUT2D eigenvalue weighted by atomic mass is 10.0. The lowest BCUT2D eigenvalue weighted by molar-refractivity contribution is 0.0475. The Labute approximate surface area is 168 Å². The van der Waals surface area contributed by atoms with Crippen LogP contribution in [0.2, 0.25) is 0 Å². The highest BCUT2D eigenvalue weighted by Crippen LogP contribution is 2.26. The van der Waals surface area contributed by atoms with Gasteiger partial charge in [-0.15, -0.1) is 6.42 Å². The lowest BCUT2D eigenvalue weighted by Crippen LogP contribution is -2.36. The van der Waals surface area contributed by atoms with Gasteiger partial charge in [-0.05, 0) is 43.2 Å². The minimum absolute atomic E-state index is 0.0919. The first-order valence-corrected chi connectivity index (χ1v) is 9.45. The second kappa shape index (κ2) is 7.94. The van der Waals surface area contributed by atoms with Crippen LogP contribution in [-0.4, -0.2) is 53.3 Å². The molecule has 0 aliphatic carbocycles. The minimum Gasteiger partial charge on any atom is -0.467 e. The predicted octanol–water partition coefficient (Wildman–Crippen LogP) is 2.33. The molecule has 1 atom stereocenters. The van der Waals surface area contributed by atoms with Crippen LogP contribution < -0.4 is 0 Å². The molecule has 1 aromatic carbocycles. The van der Waals surface area contributed by atoms with E-state index < -0.39 is 5.91 Å². The van der Waals surface area contributed by atoms with Crippen LogP contribution in [0.3, 0.4) is 0 Å². The zero-order valence-electron chi connectivity index (χ0n) is 15.8. The minimum atomic E-state index is -0.398. The van der Waals surface area contributed by atoms with Crippen molar-refractivity contribution >= 4 is 17.7 Å². The molecule has 29 heavy (non-hydrogen) atoms. The zero-order valence-corrected chi connectivity index (χ0v) is 15.8. The van der Waals surface area contributed by atoms with Crippen molar-refractivity contribution < 1.29 is 23.5 Å². The Morgan fingerprint density at radius 1 is 1.24 bits per heavy atom. The van der Waals surface area contributed by atoms with Crippen molar-refractivity contribution in [2.75, 3.05) is 19.7 Å². The maximum atomic E-state index is 13.0. The van der Waals surface area contributed by atoms with Gasteiger partial charge in [0.2, 0.25) is 0 Å². The number of carbonyl (C=O) groups is 3. The number of fused-ring (bicyclic) bond motifs is 1. The number of imide groups is 1. The molecule has 0 radical (unpaired) electrons. The van der Waals surface area contributed by atoms with Crippen molar-refractivity contribution in [2.24, 2.45) is 0 Å². The second-order valence-corrected chi connectivity index (χ2v) is 7.06. The van der Waals surface area contributed by atoms with E-state index in [0.717, 1.165) is 12.8 Å². The fourth-order valence-electron chi connectivity index (χ4n) is 3.66. The Bertz CT molecular complexity index is 983. The Morgan fingerprint density at radius 3 is 2.76 bits per heavy atom. The molecule has 2 aliphatic rings. The number of hydrogen-bond acceptors (Lipinski definition) is 5. The number of terminal acetylenes is 1. The van der Waals surface area contributed by atoms with Crippen LogP contribution in [0.5, 0.6) is 0 Å². The maximum absolute atomic E-state index is 13.0. The molecule has 0 spiro atoms. The molecule has 2 aliphatic heterocycles. The first kappa shape index (κ1) is 19.0. The Morgan fingerprint density at radius 2 is 2.07 bits per heavy atom. The summed E-state index contributed by atoms with van der Waals surface area (Å²) < 4.78 is 10.8. The number of rotatable bonds is 6. The van der Waals surface area contributed by atoms with Crippen molar-refractivity contribution in [3.05, 3.63) is 59.0 Å². The molecule has 148 valence electrons. The number of ether oxygens (including phenoxy) is 1. The van der Waals surface area contributed by atoms with E-state index in [-0.39, 0.29) is 43.1 Å². The van der Waals surface area contributed by atoms with Crippen LogP contribution in [0.15, 0.2) is 41.0 Å². The van der Waals surface area contributed by atoms with Crippen molar-refractivity contribution in [3.8, 4) is 12.3 Å². The number of furan rings is 1. The van der Waals surface area contributed by atoms with E-state index in [2.05, 4.69) is 5.92 Å². The summed E-state index contributed by atoms with van der Waals surface area (Å²) in [4.78, 5) is 41.1. The third kappa shape index (κ3) is 3.67. The highest BCUT2D eigenvalue weighted by molar-refractivity contribution is 6.22. The molecule has 1 saturated heterocycles. The van der Waals surface area contributed by atoms with Crippen LogP contribution in [-0.2, 0) is 11.3 Å². The fraction of sp³-hybridized carbons (Fsp3) is 0.318. The summed E-state index contributed by atoms with van der Waals surface area (Å²) in [6, 6.07) is 8.03. The molecular formula is C22H20N2O5. The average molecular weight is 392 g/mol. The van der Waals surface area contributed by atoms with E-state index in [4.69, 9.17) is 15.6 Å². The van der Waals surface area contributed by atoms with Crippen molar-refractivity contribution in [1.29, 1.82) is 0 Å². The maximum Gasteiger partial charge on any atom is 0.261 e. The molecule has 2 aromatic rings. The summed E-state index contributed by atoms with van der Waals surface area (Å²) in [6.07, 6.45) is 8.55. The first-order valence-electron chi connectivity index (χ1n) is 9.45. The van der Waals surface area contributed by atoms with Gasteiger partial charge in [0, 0.05) is 12.2 Å². The van der Waals surface area contributed by atoms with E-state index in [9.17, 15) is 14.4 Å². The van der Waals surface area contributed by atoms with Crippen LogP contribution in [0, 0.1) is 12.3 Å². The number of carbonyl (C=O) groups excluding carboxylic acids is 3. The number of benzene rings is 1. The monoisotopic (exact) mass is 392 g/mol. The van der Waals surface area contributed by atoms with Gasteiger partial charge in [0.15, 0.2) is 0 Å². The molecule has 0 bridgehead atoms. The molecule has 1 unspecified atom stereocenters. The molecule has 0 N–H and O–H groups in total. The smallest absolute Gasteiger partial charge is 0.261 e. The van der Waals surface area contributed by atoms with E-state index in [1.165, 1.54) is 28.2 Å². The molecule has 3 heterocycles. The summed E-state index contributed by atoms with van der Waals surface area (Å²) >= 11 is 0. The number of amides is 3. The zero-order chi connectivity index (χ0) is 20.4. The van der Waals surface area contributed by atoms with Crippen LogP contribution >= 0.6 is 0 Å². The third-order valence-electron chi connectivity index (χ3n) is 5.12. The standard InChI is InChI=1S/C22H20N2O5/c1-2-9-23(13-16-5-3-10-28-16)20(25)15-7-8-18-19(12-15)22(27)24(21(18)26)14-17-6-4-11-29-17/h1,3,5,7-8,10,12,17H,4,6,9,11,13-14H2. The van der Waals surface area contributed by atoms with Gasteiger partial charge in [0.1, 0.15) is 5.76 Å². The van der Waals surface area contributed by atoms with Gasteiger partial charge in [-0.25, -0.2) is 0 Å². The van der Waals surface area contributed by atoms with Crippen molar-refractivity contribution in [3.63, 3.8) is 0 Å². The molecule has 0 saturated carbocycles. The normalized spacial score (nSPS) is 18.0. The molecule has 1 fully saturated rings. The Balaban J connectivity index is 1.56. The van der Waals surface area contributed by atoms with Crippen LogP contribution in [0.25, 0.3) is 0 Å². The second-order valence-electron chi connectivity index (χ2n) is 7.06. The Kier molecular flexibility index (Phi) is 5.19. The van der Waals surface area contributed by atoms with Gasteiger partial charge < -0.3 is 14.1 Å². The first-order chi connectivity index (χ1) is 14.1. The van der Waals surface area contributed by atoms with E-state index in [1.807, 2.05) is 0 Å². The quantitative estimate of drug-likeness (QED) is 0.557. The highest BCUT2D eigenvalue weighted by atomic mass is 16.5. The van der Waals surface area contributed by atoms with Crippen LogP contribution in [0.1, 0.15) is 49.7 Å². The summed E-state index contributed by atoms with van der Waals surface area (Å²) in [5, 5.41) is 0. The summed E-state index contributed by atoms with van der Waals surface area (Å²) in [5.74, 6) is 1.98. The topological polar surface area (TPSA) is 80.1 Å². The summed E-state index contributed by atoms with van der Waals surface area (Å²) in [7, 11) is 0. The van der Waals surface area contributed by atoms with Crippen molar-refractivity contribution in [1.82, 2.24) is 9.80 Å². The lowest BCUT2D eigenvalue weighted by Gasteiger charge is -2.19. The van der Waals surface area contributed by atoms with Gasteiger partial charge in [-0.1, -0.05) is 5.92 Å². The van der Waals surface area contributed by atoms with Gasteiger partial charge in [0.05, 0.1) is 43.1 Å². The van der Waals surface area contributed by atoms with Gasteiger partial charge in [-0.3, -0.25) is 19.3 Å². The average Bonchev–Trinajstić information content (AvgIpc) is 3.47. The summed E-state index contributed by atoms with van der Waals surface area (Å²) in [6.45, 7) is 1.18. The summed E-state index contributed by atoms with van der Waals surface area (Å²) in [5.41, 5.74) is 0.835. The van der Waals surface area contributed by atoms with Gasteiger partial charge >= 0.3 is 0 Å². The molecule has 4 rings (SSSR count). The molecule has 3 amide bonds. The van der Waals surface area contributed by atoms with Crippen molar-refractivity contribution in [2.45, 2.75) is 25.5 Å². The van der Waals surface area contributed by atoms with E-state index in [1.54, 1.807) is 18.2 Å². The molecule has 1 aromatic heterocycles. The third-order valence-corrected chi connectivity index (χ3v) is 5.12.